The van der Waals surface area contributed by atoms with Crippen LogP contribution in [0.5, 0.6) is 11.5 Å². The van der Waals surface area contributed by atoms with Gasteiger partial charge in [-0.3, -0.25) is 4.90 Å². The first kappa shape index (κ1) is 28.9. The number of benzene rings is 4. The Morgan fingerprint density at radius 3 is 2.27 bits per heavy atom. The summed E-state index contributed by atoms with van der Waals surface area (Å²) in [6.07, 6.45) is 12.9. The fraction of sp³-hybridized carbons (Fsp3) is 0.256. The Labute approximate surface area is 264 Å². The van der Waals surface area contributed by atoms with E-state index in [0.717, 1.165) is 59.6 Å². The van der Waals surface area contributed by atoms with Crippen molar-refractivity contribution in [3.63, 3.8) is 0 Å². The lowest BCUT2D eigenvalue weighted by atomic mass is 9.70. The number of rotatable bonds is 6. The molecule has 0 saturated carbocycles. The number of hydrogen-bond donors (Lipinski definition) is 0. The van der Waals surface area contributed by atoms with Crippen molar-refractivity contribution in [3.8, 4) is 11.5 Å². The van der Waals surface area contributed by atoms with Gasteiger partial charge in [0.05, 0.1) is 25.3 Å². The van der Waals surface area contributed by atoms with Gasteiger partial charge in [-0.2, -0.15) is 0 Å². The van der Waals surface area contributed by atoms with Gasteiger partial charge in [-0.1, -0.05) is 85.0 Å². The van der Waals surface area contributed by atoms with Crippen LogP contribution in [0.1, 0.15) is 27.0 Å². The van der Waals surface area contributed by atoms with E-state index in [1.54, 1.807) is 7.11 Å². The number of fused-ring (bicyclic) bond motifs is 3. The van der Waals surface area contributed by atoms with Crippen molar-refractivity contribution in [1.82, 2.24) is 4.90 Å². The molecule has 0 N–H and O–H groups in total. The molecule has 0 amide bonds. The monoisotopic (exact) mass is 598 g/mol. The number of nitrogens with zero attached hydrogens (tertiary/aromatic N) is 2. The summed E-state index contributed by atoms with van der Waals surface area (Å²) in [7, 11) is 3.13. The largest absolute Gasteiger partial charge is 0.497 e. The van der Waals surface area contributed by atoms with E-state index in [2.05, 4.69) is 94.8 Å². The molecule has 6 heteroatoms. The van der Waals surface area contributed by atoms with Crippen LogP contribution in [-0.4, -0.2) is 57.4 Å². The normalized spacial score (nSPS) is 22.6. The second-order valence-corrected chi connectivity index (χ2v) is 11.9. The lowest BCUT2D eigenvalue weighted by Crippen LogP contribution is -2.60. The second kappa shape index (κ2) is 11.9. The molecule has 1 aliphatic carbocycles. The molecule has 0 aromatic heterocycles. The summed E-state index contributed by atoms with van der Waals surface area (Å²) in [6, 6.07) is 27.3. The number of hydrogen-bond acceptors (Lipinski definition) is 6. The number of carbonyl (C=O) groups is 1. The number of ether oxygens (including phenoxy) is 3. The lowest BCUT2D eigenvalue weighted by molar-refractivity contribution is 0.0367. The first-order chi connectivity index (χ1) is 22.0. The van der Waals surface area contributed by atoms with E-state index in [0.29, 0.717) is 5.56 Å². The quantitative estimate of drug-likeness (QED) is 0.219. The highest BCUT2D eigenvalue weighted by Crippen LogP contribution is 2.47. The number of esters is 1. The molecule has 4 aromatic rings. The van der Waals surface area contributed by atoms with Gasteiger partial charge in [-0.25, -0.2) is 4.79 Å². The van der Waals surface area contributed by atoms with Gasteiger partial charge in [0, 0.05) is 48.7 Å². The van der Waals surface area contributed by atoms with Crippen LogP contribution in [0, 0.1) is 12.8 Å². The summed E-state index contributed by atoms with van der Waals surface area (Å²) >= 11 is 0. The highest BCUT2D eigenvalue weighted by atomic mass is 16.5. The van der Waals surface area contributed by atoms with Gasteiger partial charge >= 0.3 is 5.97 Å². The topological polar surface area (TPSA) is 51.2 Å². The van der Waals surface area contributed by atoms with E-state index in [9.17, 15) is 4.79 Å². The van der Waals surface area contributed by atoms with Crippen molar-refractivity contribution in [1.29, 1.82) is 0 Å². The predicted molar refractivity (Wildman–Crippen MR) is 180 cm³/mol. The zero-order valence-corrected chi connectivity index (χ0v) is 26.0. The van der Waals surface area contributed by atoms with Gasteiger partial charge in [0.2, 0.25) is 0 Å². The van der Waals surface area contributed by atoms with Crippen LogP contribution >= 0.6 is 0 Å². The summed E-state index contributed by atoms with van der Waals surface area (Å²) in [5, 5.41) is 1.99. The number of piperazine rings is 1. The third-order valence-corrected chi connectivity index (χ3v) is 9.68. The Morgan fingerprint density at radius 1 is 0.844 bits per heavy atom. The molecule has 4 aromatic carbocycles. The van der Waals surface area contributed by atoms with Crippen LogP contribution in [0.4, 0.5) is 5.69 Å². The molecule has 3 atom stereocenters. The minimum absolute atomic E-state index is 0.0246. The van der Waals surface area contributed by atoms with E-state index < -0.39 is 5.54 Å². The zero-order valence-electron chi connectivity index (χ0n) is 26.0. The molecule has 1 saturated heterocycles. The van der Waals surface area contributed by atoms with Crippen molar-refractivity contribution in [3.05, 3.63) is 131 Å². The van der Waals surface area contributed by atoms with Gasteiger partial charge in [-0.15, -0.1) is 0 Å². The number of aryl methyl sites for hydroxylation is 1. The number of anilines is 1. The fourth-order valence-electron chi connectivity index (χ4n) is 7.44. The molecule has 0 bridgehead atoms. The minimum atomic E-state index is -0.430. The minimum Gasteiger partial charge on any atom is -0.497 e. The molecule has 6 nitrogen and oxygen atoms in total. The van der Waals surface area contributed by atoms with E-state index >= 15 is 0 Å². The molecule has 0 spiro atoms. The van der Waals surface area contributed by atoms with Crippen molar-refractivity contribution in [2.45, 2.75) is 18.6 Å². The molecule has 3 aliphatic rings. The smallest absolute Gasteiger partial charge is 0.338 e. The summed E-state index contributed by atoms with van der Waals surface area (Å²) in [4.78, 5) is 18.1. The molecule has 2 aliphatic heterocycles. The molecule has 0 radical (unpaired) electrons. The summed E-state index contributed by atoms with van der Waals surface area (Å²) in [5.41, 5.74) is 4.25. The Kier molecular flexibility index (Phi) is 7.68. The van der Waals surface area contributed by atoms with Crippen LogP contribution in [-0.2, 0) is 10.3 Å². The van der Waals surface area contributed by atoms with E-state index in [1.165, 1.54) is 18.4 Å². The molecule has 2 heterocycles. The van der Waals surface area contributed by atoms with Crippen molar-refractivity contribution < 1.29 is 19.0 Å². The average molecular weight is 599 g/mol. The number of allylic oxidation sites excluding steroid dienone is 2. The molecule has 1 fully saturated rings. The van der Waals surface area contributed by atoms with Crippen LogP contribution in [0.2, 0.25) is 0 Å². The predicted octanol–water partition coefficient (Wildman–Crippen LogP) is 7.18. The second-order valence-electron chi connectivity index (χ2n) is 11.9. The maximum Gasteiger partial charge on any atom is 0.338 e. The number of methoxy groups -OCH3 is 2. The average Bonchev–Trinajstić information content (AvgIpc) is 3.12. The van der Waals surface area contributed by atoms with E-state index in [-0.39, 0.29) is 18.0 Å². The number of carbonyl (C=O) groups excluding carboxylic acids is 1. The third kappa shape index (κ3) is 4.90. The van der Waals surface area contributed by atoms with Crippen molar-refractivity contribution in [2.24, 2.45) is 5.92 Å². The van der Waals surface area contributed by atoms with Gasteiger partial charge < -0.3 is 19.1 Å². The SMILES string of the molecule is COC(=O)c1c2c(c3ccccc3c1C)OC(C1C=CC=CC1(c1ccccc1)N1CCN(c3ccc(OC)cc3)CC1)C=C2. The Bertz CT molecular complexity index is 1800. The van der Waals surface area contributed by atoms with E-state index in [4.69, 9.17) is 14.2 Å². The molecular formula is C39H38N2O4. The highest BCUT2D eigenvalue weighted by Gasteiger charge is 2.48. The molecule has 3 unspecified atom stereocenters. The maximum absolute atomic E-state index is 13.0. The van der Waals surface area contributed by atoms with Gasteiger partial charge in [-0.05, 0) is 53.8 Å². The molecule has 228 valence electrons. The lowest BCUT2D eigenvalue weighted by Gasteiger charge is -2.52. The standard InChI is InChI=1S/C39H38N2O4/c1-27-31-13-7-8-14-32(31)37-33(36(27)38(42)44-3)20-21-35(45-37)34-15-9-10-22-39(34,28-11-5-4-6-12-28)41-25-23-40(24-26-41)29-16-18-30(43-2)19-17-29/h4-22,34-35H,23-26H2,1-3H3. The summed E-state index contributed by atoms with van der Waals surface area (Å²) < 4.78 is 17.6. The summed E-state index contributed by atoms with van der Waals surface area (Å²) in [5.74, 6) is 1.23. The van der Waals surface area contributed by atoms with Crippen LogP contribution < -0.4 is 14.4 Å². The maximum atomic E-state index is 13.0. The highest BCUT2D eigenvalue weighted by molar-refractivity contribution is 6.06. The Morgan fingerprint density at radius 2 is 1.56 bits per heavy atom. The van der Waals surface area contributed by atoms with Crippen LogP contribution in [0.15, 0.2) is 109 Å². The third-order valence-electron chi connectivity index (χ3n) is 9.68. The van der Waals surface area contributed by atoms with Crippen LogP contribution in [0.25, 0.3) is 16.8 Å². The van der Waals surface area contributed by atoms with Crippen molar-refractivity contribution >= 4 is 28.5 Å². The molecular weight excluding hydrogens is 560 g/mol. The first-order valence-corrected chi connectivity index (χ1v) is 15.6. The Hall–Kier alpha value is -4.81. The first-order valence-electron chi connectivity index (χ1n) is 15.6. The van der Waals surface area contributed by atoms with Crippen molar-refractivity contribution in [2.75, 3.05) is 45.3 Å². The van der Waals surface area contributed by atoms with Gasteiger partial charge in [0.1, 0.15) is 17.6 Å². The Balaban J connectivity index is 1.27. The van der Waals surface area contributed by atoms with Gasteiger partial charge in [0.15, 0.2) is 0 Å². The van der Waals surface area contributed by atoms with E-state index in [1.807, 2.05) is 37.3 Å². The fourth-order valence-corrected chi connectivity index (χ4v) is 7.44. The van der Waals surface area contributed by atoms with Gasteiger partial charge in [0.25, 0.3) is 0 Å². The zero-order chi connectivity index (χ0) is 31.0. The summed E-state index contributed by atoms with van der Waals surface area (Å²) in [6.45, 7) is 5.56. The van der Waals surface area contributed by atoms with Crippen LogP contribution in [0.3, 0.4) is 0 Å². The molecule has 45 heavy (non-hydrogen) atoms. The molecule has 7 rings (SSSR count).